The molecule has 2 aromatic carbocycles. The quantitative estimate of drug-likeness (QED) is 0.396. The molecule has 0 saturated carbocycles. The van der Waals surface area contributed by atoms with Crippen LogP contribution >= 0.6 is 0 Å². The average Bonchev–Trinajstić information content (AvgIpc) is 2.52. The summed E-state index contributed by atoms with van der Waals surface area (Å²) >= 11 is 0. The van der Waals surface area contributed by atoms with Crippen LogP contribution in [0.5, 0.6) is 0 Å². The summed E-state index contributed by atoms with van der Waals surface area (Å²) in [4.78, 5) is 24.0. The number of hydrogen-bond acceptors (Lipinski definition) is 3. The monoisotopic (exact) mass is 308 g/mol. The van der Waals surface area contributed by atoms with E-state index >= 15 is 0 Å². The van der Waals surface area contributed by atoms with E-state index in [1.165, 1.54) is 12.1 Å². The topological polar surface area (TPSA) is 72.2 Å². The molecule has 2 rings (SSSR count). The van der Waals surface area contributed by atoms with Gasteiger partial charge < -0.3 is 0 Å². The maximum Gasteiger partial charge on any atom is 0.416 e. The fourth-order valence-electron chi connectivity index (χ4n) is 1.92. The fraction of sp³-hybridized carbons (Fsp3) is 0.0667. The number of alkyl halides is 3. The van der Waals surface area contributed by atoms with Crippen molar-refractivity contribution in [1.82, 2.24) is 5.43 Å². The second-order valence-electron chi connectivity index (χ2n) is 4.42. The van der Waals surface area contributed by atoms with Gasteiger partial charge in [-0.3, -0.25) is 15.0 Å². The molecule has 7 heteroatoms. The zero-order valence-electron chi connectivity index (χ0n) is 11.1. The second kappa shape index (κ2) is 5.98. The second-order valence-corrected chi connectivity index (χ2v) is 4.42. The van der Waals surface area contributed by atoms with E-state index in [4.69, 9.17) is 5.84 Å². The van der Waals surface area contributed by atoms with E-state index in [0.29, 0.717) is 0 Å². The summed E-state index contributed by atoms with van der Waals surface area (Å²) in [6.45, 7) is 0. The predicted molar refractivity (Wildman–Crippen MR) is 73.0 cm³/mol. The molecule has 0 fully saturated rings. The van der Waals surface area contributed by atoms with Crippen LogP contribution in [-0.2, 0) is 6.18 Å². The van der Waals surface area contributed by atoms with Gasteiger partial charge in [0.15, 0.2) is 5.78 Å². The molecule has 114 valence electrons. The van der Waals surface area contributed by atoms with Crippen molar-refractivity contribution in [3.05, 3.63) is 70.8 Å². The van der Waals surface area contributed by atoms with Gasteiger partial charge in [-0.1, -0.05) is 30.3 Å². The van der Waals surface area contributed by atoms with E-state index in [1.807, 2.05) is 5.43 Å². The molecule has 1 amide bonds. The van der Waals surface area contributed by atoms with Crippen LogP contribution in [0.4, 0.5) is 13.2 Å². The largest absolute Gasteiger partial charge is 0.416 e. The lowest BCUT2D eigenvalue weighted by molar-refractivity contribution is -0.137. The molecule has 3 N–H and O–H groups in total. The minimum Gasteiger partial charge on any atom is -0.290 e. The molecule has 0 aliphatic carbocycles. The molecule has 0 radical (unpaired) electrons. The van der Waals surface area contributed by atoms with Crippen LogP contribution in [-0.4, -0.2) is 11.7 Å². The summed E-state index contributed by atoms with van der Waals surface area (Å²) in [5, 5.41) is 0. The van der Waals surface area contributed by atoms with E-state index in [-0.39, 0.29) is 16.7 Å². The summed E-state index contributed by atoms with van der Waals surface area (Å²) < 4.78 is 37.5. The van der Waals surface area contributed by atoms with Gasteiger partial charge in [-0.2, -0.15) is 13.2 Å². The number of halogens is 3. The predicted octanol–water partition coefficient (Wildman–Crippen LogP) is 2.54. The van der Waals surface area contributed by atoms with Crippen LogP contribution < -0.4 is 11.3 Å². The Morgan fingerprint density at radius 2 is 1.45 bits per heavy atom. The highest BCUT2D eigenvalue weighted by Gasteiger charge is 2.30. The first-order valence-corrected chi connectivity index (χ1v) is 6.16. The minimum atomic E-state index is -4.47. The third-order valence-corrected chi connectivity index (χ3v) is 3.02. The number of nitrogens with two attached hydrogens (primary N) is 1. The highest BCUT2D eigenvalue weighted by atomic mass is 19.4. The molecule has 2 aromatic rings. The van der Waals surface area contributed by atoms with E-state index in [9.17, 15) is 22.8 Å². The first-order valence-electron chi connectivity index (χ1n) is 6.16. The number of rotatable bonds is 3. The lowest BCUT2D eigenvalue weighted by Crippen LogP contribution is -2.31. The highest BCUT2D eigenvalue weighted by molar-refractivity contribution is 6.15. The van der Waals surface area contributed by atoms with Gasteiger partial charge in [0.2, 0.25) is 0 Å². The van der Waals surface area contributed by atoms with Gasteiger partial charge in [-0.05, 0) is 18.2 Å². The number of carbonyl (C=O) groups is 2. The molecular formula is C15H11F3N2O2. The summed E-state index contributed by atoms with van der Waals surface area (Å²) in [6, 6.07) is 9.69. The SMILES string of the molecule is NNC(=O)c1ccccc1C(=O)c1ccc(C(F)(F)F)cc1. The van der Waals surface area contributed by atoms with Crippen molar-refractivity contribution >= 4 is 11.7 Å². The summed E-state index contributed by atoms with van der Waals surface area (Å²) in [7, 11) is 0. The van der Waals surface area contributed by atoms with Gasteiger partial charge in [0.1, 0.15) is 0 Å². The van der Waals surface area contributed by atoms with Crippen molar-refractivity contribution in [2.24, 2.45) is 5.84 Å². The maximum atomic E-state index is 12.5. The van der Waals surface area contributed by atoms with Crippen molar-refractivity contribution in [3.8, 4) is 0 Å². The van der Waals surface area contributed by atoms with Crippen molar-refractivity contribution in [2.45, 2.75) is 6.18 Å². The van der Waals surface area contributed by atoms with Gasteiger partial charge in [0, 0.05) is 11.1 Å². The maximum absolute atomic E-state index is 12.5. The van der Waals surface area contributed by atoms with Gasteiger partial charge in [0.25, 0.3) is 5.91 Å². The molecule has 0 bridgehead atoms. The van der Waals surface area contributed by atoms with Crippen LogP contribution in [0, 0.1) is 0 Å². The Morgan fingerprint density at radius 1 is 0.909 bits per heavy atom. The smallest absolute Gasteiger partial charge is 0.290 e. The Labute approximate surface area is 123 Å². The zero-order valence-corrected chi connectivity index (χ0v) is 11.1. The lowest BCUT2D eigenvalue weighted by atomic mass is 9.97. The summed E-state index contributed by atoms with van der Waals surface area (Å²) in [5.74, 6) is 3.82. The molecule has 0 heterocycles. The molecule has 4 nitrogen and oxygen atoms in total. The molecule has 22 heavy (non-hydrogen) atoms. The van der Waals surface area contributed by atoms with Gasteiger partial charge in [0.05, 0.1) is 11.1 Å². The molecule has 0 saturated heterocycles. The first-order chi connectivity index (χ1) is 10.3. The normalized spacial score (nSPS) is 11.1. The molecule has 0 unspecified atom stereocenters. The number of hydrazine groups is 1. The number of nitrogen functional groups attached to an aromatic ring is 1. The summed E-state index contributed by atoms with van der Waals surface area (Å²) in [5.41, 5.74) is 1.22. The van der Waals surface area contributed by atoms with E-state index in [2.05, 4.69) is 0 Å². The number of amides is 1. The Morgan fingerprint density at radius 3 is 1.95 bits per heavy atom. The lowest BCUT2D eigenvalue weighted by Gasteiger charge is -2.09. The van der Waals surface area contributed by atoms with E-state index in [1.54, 1.807) is 12.1 Å². The molecule has 0 aliphatic rings. The fourth-order valence-corrected chi connectivity index (χ4v) is 1.92. The Bertz CT molecular complexity index is 709. The van der Waals surface area contributed by atoms with Crippen LogP contribution in [0.2, 0.25) is 0 Å². The number of hydrogen-bond donors (Lipinski definition) is 2. The number of carbonyl (C=O) groups excluding carboxylic acids is 2. The average molecular weight is 308 g/mol. The van der Waals surface area contributed by atoms with Crippen molar-refractivity contribution < 1.29 is 22.8 Å². The Hall–Kier alpha value is -2.67. The third-order valence-electron chi connectivity index (χ3n) is 3.02. The molecule has 0 spiro atoms. The number of ketones is 1. The molecule has 0 atom stereocenters. The third kappa shape index (κ3) is 3.15. The number of benzene rings is 2. The number of nitrogens with one attached hydrogen (secondary N) is 1. The molecular weight excluding hydrogens is 297 g/mol. The van der Waals surface area contributed by atoms with E-state index < -0.39 is 23.4 Å². The molecule has 0 aliphatic heterocycles. The van der Waals surface area contributed by atoms with Crippen LogP contribution in [0.15, 0.2) is 48.5 Å². The molecule has 0 aromatic heterocycles. The van der Waals surface area contributed by atoms with Crippen molar-refractivity contribution in [2.75, 3.05) is 0 Å². The minimum absolute atomic E-state index is 0.0465. The Balaban J connectivity index is 2.39. The van der Waals surface area contributed by atoms with E-state index in [0.717, 1.165) is 24.3 Å². The van der Waals surface area contributed by atoms with Crippen molar-refractivity contribution in [3.63, 3.8) is 0 Å². The first kappa shape index (κ1) is 15.7. The van der Waals surface area contributed by atoms with Gasteiger partial charge in [-0.25, -0.2) is 5.84 Å². The van der Waals surface area contributed by atoms with Gasteiger partial charge >= 0.3 is 6.18 Å². The zero-order chi connectivity index (χ0) is 16.3. The van der Waals surface area contributed by atoms with Crippen LogP contribution in [0.1, 0.15) is 31.8 Å². The summed E-state index contributed by atoms with van der Waals surface area (Å²) in [6.07, 6.45) is -4.47. The standard InChI is InChI=1S/C15H11F3N2O2/c16-15(17,18)10-7-5-9(6-8-10)13(21)11-3-1-2-4-12(11)14(22)20-19/h1-8H,19H2,(H,20,22). The van der Waals surface area contributed by atoms with Gasteiger partial charge in [-0.15, -0.1) is 0 Å². The highest BCUT2D eigenvalue weighted by Crippen LogP contribution is 2.29. The Kier molecular flexibility index (Phi) is 4.27. The van der Waals surface area contributed by atoms with Crippen LogP contribution in [0.25, 0.3) is 0 Å². The van der Waals surface area contributed by atoms with Crippen molar-refractivity contribution in [1.29, 1.82) is 0 Å². The van der Waals surface area contributed by atoms with Crippen LogP contribution in [0.3, 0.4) is 0 Å².